The van der Waals surface area contributed by atoms with Gasteiger partial charge in [0.25, 0.3) is 0 Å². The van der Waals surface area contributed by atoms with Crippen LogP contribution in [0.2, 0.25) is 0 Å². The summed E-state index contributed by atoms with van der Waals surface area (Å²) in [4.78, 5) is 0. The molecule has 0 spiro atoms. The number of aromatic amines is 1. The highest BCUT2D eigenvalue weighted by Gasteiger charge is 2.10. The Morgan fingerprint density at radius 1 is 1.29 bits per heavy atom. The van der Waals surface area contributed by atoms with Gasteiger partial charge < -0.3 is 5.32 Å². The number of nitrogens with one attached hydrogen (secondary N) is 2. The van der Waals surface area contributed by atoms with Crippen LogP contribution in [-0.2, 0) is 6.42 Å². The van der Waals surface area contributed by atoms with E-state index in [4.69, 9.17) is 0 Å². The molecule has 1 fully saturated rings. The maximum Gasteiger partial charge on any atom is 0.0522 e. The van der Waals surface area contributed by atoms with E-state index in [1.54, 1.807) is 0 Å². The number of aryl methyl sites for hydroxylation is 2. The van der Waals surface area contributed by atoms with E-state index in [2.05, 4.69) is 22.4 Å². The van der Waals surface area contributed by atoms with Crippen LogP contribution < -0.4 is 5.32 Å². The van der Waals surface area contributed by atoms with Gasteiger partial charge in [-0.2, -0.15) is 5.10 Å². The number of rotatable bonds is 5. The Kier molecular flexibility index (Phi) is 5.05. The molecule has 0 atom stereocenters. The predicted molar refractivity (Wildman–Crippen MR) is 71.1 cm³/mol. The lowest BCUT2D eigenvalue weighted by atomic mass is 10.1. The van der Waals surface area contributed by atoms with Gasteiger partial charge in [0, 0.05) is 11.7 Å². The molecular formula is C14H25N3. The SMILES string of the molecule is Cc1[nH]ncc1CCCNC1CCCCCC1. The third-order valence-electron chi connectivity index (χ3n) is 3.85. The summed E-state index contributed by atoms with van der Waals surface area (Å²) in [5, 5.41) is 10.8. The molecule has 0 radical (unpaired) electrons. The van der Waals surface area contributed by atoms with Crippen LogP contribution in [0.5, 0.6) is 0 Å². The first-order valence-electron chi connectivity index (χ1n) is 7.08. The van der Waals surface area contributed by atoms with Crippen LogP contribution >= 0.6 is 0 Å². The van der Waals surface area contributed by atoms with Crippen LogP contribution in [0.3, 0.4) is 0 Å². The lowest BCUT2D eigenvalue weighted by molar-refractivity contribution is 0.456. The number of aromatic nitrogens is 2. The van der Waals surface area contributed by atoms with Crippen LogP contribution in [-0.4, -0.2) is 22.8 Å². The topological polar surface area (TPSA) is 40.7 Å². The van der Waals surface area contributed by atoms with Gasteiger partial charge in [0.1, 0.15) is 0 Å². The second kappa shape index (κ2) is 6.80. The van der Waals surface area contributed by atoms with E-state index < -0.39 is 0 Å². The van der Waals surface area contributed by atoms with Crippen LogP contribution in [0.1, 0.15) is 56.2 Å². The molecule has 2 N–H and O–H groups in total. The van der Waals surface area contributed by atoms with Crippen molar-refractivity contribution >= 4 is 0 Å². The van der Waals surface area contributed by atoms with E-state index in [9.17, 15) is 0 Å². The van der Waals surface area contributed by atoms with Crippen molar-refractivity contribution in [2.75, 3.05) is 6.54 Å². The molecule has 0 bridgehead atoms. The Bertz CT molecular complexity index is 311. The highest BCUT2D eigenvalue weighted by atomic mass is 15.1. The van der Waals surface area contributed by atoms with Crippen molar-refractivity contribution in [3.63, 3.8) is 0 Å². The second-order valence-electron chi connectivity index (χ2n) is 5.27. The molecule has 0 saturated heterocycles. The first-order chi connectivity index (χ1) is 8.36. The van der Waals surface area contributed by atoms with E-state index >= 15 is 0 Å². The number of hydrogen-bond acceptors (Lipinski definition) is 2. The van der Waals surface area contributed by atoms with Gasteiger partial charge >= 0.3 is 0 Å². The van der Waals surface area contributed by atoms with Gasteiger partial charge in [-0.05, 0) is 44.7 Å². The third-order valence-corrected chi connectivity index (χ3v) is 3.85. The molecule has 1 saturated carbocycles. The normalized spacial score (nSPS) is 18.2. The van der Waals surface area contributed by atoms with Gasteiger partial charge in [0.05, 0.1) is 6.20 Å². The van der Waals surface area contributed by atoms with E-state index in [1.807, 2.05) is 6.20 Å². The molecule has 17 heavy (non-hydrogen) atoms. The molecule has 0 amide bonds. The second-order valence-corrected chi connectivity index (χ2v) is 5.27. The average Bonchev–Trinajstić information content (AvgIpc) is 2.60. The van der Waals surface area contributed by atoms with Gasteiger partial charge in [0.2, 0.25) is 0 Å². The van der Waals surface area contributed by atoms with Gasteiger partial charge in [0.15, 0.2) is 0 Å². The monoisotopic (exact) mass is 235 g/mol. The van der Waals surface area contributed by atoms with Crippen molar-refractivity contribution < 1.29 is 0 Å². The summed E-state index contributed by atoms with van der Waals surface area (Å²) in [7, 11) is 0. The predicted octanol–water partition coefficient (Wildman–Crippen LogP) is 2.96. The summed E-state index contributed by atoms with van der Waals surface area (Å²) in [6.45, 7) is 3.25. The van der Waals surface area contributed by atoms with Crippen molar-refractivity contribution in [2.24, 2.45) is 0 Å². The summed E-state index contributed by atoms with van der Waals surface area (Å²) in [6.07, 6.45) is 12.8. The highest BCUT2D eigenvalue weighted by Crippen LogP contribution is 2.17. The molecule has 0 aliphatic heterocycles. The Labute approximate surface area is 104 Å². The van der Waals surface area contributed by atoms with Crippen LogP contribution in [0.25, 0.3) is 0 Å². The maximum absolute atomic E-state index is 4.06. The summed E-state index contributed by atoms with van der Waals surface area (Å²) in [5.74, 6) is 0. The minimum Gasteiger partial charge on any atom is -0.314 e. The van der Waals surface area contributed by atoms with E-state index in [0.717, 1.165) is 19.0 Å². The van der Waals surface area contributed by atoms with Crippen molar-refractivity contribution in [1.29, 1.82) is 0 Å². The molecular weight excluding hydrogens is 210 g/mol. The Hall–Kier alpha value is -0.830. The molecule has 2 rings (SSSR count). The molecule has 1 aromatic heterocycles. The number of hydrogen-bond donors (Lipinski definition) is 2. The fraction of sp³-hybridized carbons (Fsp3) is 0.786. The fourth-order valence-electron chi connectivity index (χ4n) is 2.70. The molecule has 1 aliphatic carbocycles. The molecule has 0 aromatic carbocycles. The quantitative estimate of drug-likeness (QED) is 0.608. The van der Waals surface area contributed by atoms with Crippen LogP contribution in [0.15, 0.2) is 6.20 Å². The first kappa shape index (κ1) is 12.6. The summed E-state index contributed by atoms with van der Waals surface area (Å²) >= 11 is 0. The van der Waals surface area contributed by atoms with Crippen LogP contribution in [0, 0.1) is 6.92 Å². The number of H-pyrrole nitrogens is 1. The molecule has 3 heteroatoms. The lowest BCUT2D eigenvalue weighted by Gasteiger charge is -2.15. The first-order valence-corrected chi connectivity index (χ1v) is 7.08. The zero-order valence-electron chi connectivity index (χ0n) is 11.0. The molecule has 1 aromatic rings. The minimum atomic E-state index is 0.781. The zero-order chi connectivity index (χ0) is 11.9. The smallest absolute Gasteiger partial charge is 0.0522 e. The van der Waals surface area contributed by atoms with E-state index in [-0.39, 0.29) is 0 Å². The average molecular weight is 235 g/mol. The van der Waals surface area contributed by atoms with Gasteiger partial charge in [-0.3, -0.25) is 5.10 Å². The Balaban J connectivity index is 1.61. The van der Waals surface area contributed by atoms with Crippen molar-refractivity contribution in [3.05, 3.63) is 17.5 Å². The van der Waals surface area contributed by atoms with E-state index in [1.165, 1.54) is 56.2 Å². The third kappa shape index (κ3) is 4.15. The maximum atomic E-state index is 4.06. The van der Waals surface area contributed by atoms with Crippen molar-refractivity contribution in [2.45, 2.75) is 64.3 Å². The zero-order valence-corrected chi connectivity index (χ0v) is 11.0. The fourth-order valence-corrected chi connectivity index (χ4v) is 2.70. The van der Waals surface area contributed by atoms with Crippen LogP contribution in [0.4, 0.5) is 0 Å². The molecule has 0 unspecified atom stereocenters. The minimum absolute atomic E-state index is 0.781. The van der Waals surface area contributed by atoms with E-state index in [0.29, 0.717) is 0 Å². The lowest BCUT2D eigenvalue weighted by Crippen LogP contribution is -2.29. The Morgan fingerprint density at radius 2 is 2.06 bits per heavy atom. The summed E-state index contributed by atoms with van der Waals surface area (Å²) < 4.78 is 0. The van der Waals surface area contributed by atoms with Crippen molar-refractivity contribution in [3.8, 4) is 0 Å². The standard InChI is InChI=1S/C14H25N3/c1-12-13(11-16-17-12)7-6-10-15-14-8-4-2-3-5-9-14/h11,14-15H,2-10H2,1H3,(H,16,17). The largest absolute Gasteiger partial charge is 0.314 e. The molecule has 96 valence electrons. The molecule has 3 nitrogen and oxygen atoms in total. The molecule has 1 aliphatic rings. The van der Waals surface area contributed by atoms with Crippen molar-refractivity contribution in [1.82, 2.24) is 15.5 Å². The summed E-state index contributed by atoms with van der Waals surface area (Å²) in [6, 6.07) is 0.781. The van der Waals surface area contributed by atoms with Gasteiger partial charge in [-0.1, -0.05) is 25.7 Å². The number of nitrogens with zero attached hydrogens (tertiary/aromatic N) is 1. The highest BCUT2D eigenvalue weighted by molar-refractivity contribution is 5.14. The van der Waals surface area contributed by atoms with Gasteiger partial charge in [-0.15, -0.1) is 0 Å². The summed E-state index contributed by atoms with van der Waals surface area (Å²) in [5.41, 5.74) is 2.59. The molecule has 1 heterocycles. The Morgan fingerprint density at radius 3 is 2.71 bits per heavy atom. The van der Waals surface area contributed by atoms with Gasteiger partial charge in [-0.25, -0.2) is 0 Å².